The third kappa shape index (κ3) is 5.02. The van der Waals surface area contributed by atoms with Crippen molar-refractivity contribution in [2.45, 2.75) is 37.6 Å². The number of aromatic hydroxyl groups is 1. The van der Waals surface area contributed by atoms with Crippen molar-refractivity contribution in [3.63, 3.8) is 0 Å². The van der Waals surface area contributed by atoms with Crippen LogP contribution in [0.1, 0.15) is 12.5 Å². The number of esters is 2. The number of phenols is 1. The van der Waals surface area contributed by atoms with Gasteiger partial charge in [-0.05, 0) is 23.8 Å². The van der Waals surface area contributed by atoms with Crippen LogP contribution in [-0.2, 0) is 23.8 Å². The molecule has 0 radical (unpaired) electrons. The average Bonchev–Trinajstić information content (AvgIpc) is 2.60. The molecule has 1 heterocycles. The number of aliphatic hydroxyl groups excluding tert-OH is 3. The van der Waals surface area contributed by atoms with Gasteiger partial charge in [0.1, 0.15) is 18.0 Å². The van der Waals surface area contributed by atoms with E-state index in [0.717, 1.165) is 13.0 Å². The highest BCUT2D eigenvalue weighted by molar-refractivity contribution is 5.87. The fourth-order valence-corrected chi connectivity index (χ4v) is 2.43. The molecule has 0 spiro atoms. The fraction of sp³-hybridized carbons (Fsp3) is 0.412. The summed E-state index contributed by atoms with van der Waals surface area (Å²) in [6.07, 6.45) is -4.80. The molecule has 9 heteroatoms. The van der Waals surface area contributed by atoms with Gasteiger partial charge in [-0.3, -0.25) is 4.79 Å². The first-order chi connectivity index (χ1) is 12.3. The lowest BCUT2D eigenvalue weighted by molar-refractivity contribution is -0.292. The first-order valence-corrected chi connectivity index (χ1v) is 7.79. The Morgan fingerprint density at radius 1 is 1.15 bits per heavy atom. The monoisotopic (exact) mass is 368 g/mol. The van der Waals surface area contributed by atoms with E-state index in [4.69, 9.17) is 19.3 Å². The number of hydrogen-bond donors (Lipinski definition) is 4. The first-order valence-electron chi connectivity index (χ1n) is 7.79. The maximum Gasteiger partial charge on any atom is 0.331 e. The number of carbonyl (C=O) groups is 2. The largest absolute Gasteiger partial charge is 0.508 e. The summed E-state index contributed by atoms with van der Waals surface area (Å²) in [5.41, 5.74) is 0.608. The molecule has 9 nitrogen and oxygen atoms in total. The predicted molar refractivity (Wildman–Crippen MR) is 86.5 cm³/mol. The molecule has 1 fully saturated rings. The van der Waals surface area contributed by atoms with Crippen molar-refractivity contribution >= 4 is 18.0 Å². The quantitative estimate of drug-likeness (QED) is 0.392. The lowest BCUT2D eigenvalue weighted by Gasteiger charge is -2.40. The standard InChI is InChI=1S/C17H20O9/c1-9(19)24-15-14(22)12(8-18)25-17(23)16(15)26-13(21)7-4-10-2-5-11(20)6-3-10/h2-7,12,14-18,20,22-23H,8H2,1H3/b7-4-/t12-,14+,15-,16+,17-/m0/s1. The van der Waals surface area contributed by atoms with Crippen LogP contribution in [0.3, 0.4) is 0 Å². The van der Waals surface area contributed by atoms with E-state index in [1.54, 1.807) is 12.1 Å². The third-order valence-electron chi connectivity index (χ3n) is 3.68. The molecule has 1 aromatic rings. The maximum atomic E-state index is 12.0. The van der Waals surface area contributed by atoms with Crippen molar-refractivity contribution < 1.29 is 44.2 Å². The number of carbonyl (C=O) groups excluding carboxylic acids is 2. The molecular weight excluding hydrogens is 348 g/mol. The molecule has 1 saturated heterocycles. The molecule has 0 unspecified atom stereocenters. The SMILES string of the molecule is CC(=O)O[C@H]1[C@H](O)[C@H](CO)O[C@H](O)[C@@H]1OC(=O)/C=C\c1ccc(O)cc1. The van der Waals surface area contributed by atoms with Crippen molar-refractivity contribution in [3.05, 3.63) is 35.9 Å². The van der Waals surface area contributed by atoms with E-state index >= 15 is 0 Å². The molecule has 1 aromatic carbocycles. The summed E-state index contributed by atoms with van der Waals surface area (Å²) in [7, 11) is 0. The summed E-state index contributed by atoms with van der Waals surface area (Å²) >= 11 is 0. The molecule has 142 valence electrons. The highest BCUT2D eigenvalue weighted by Crippen LogP contribution is 2.25. The normalized spacial score (nSPS) is 28.7. The van der Waals surface area contributed by atoms with Crippen LogP contribution >= 0.6 is 0 Å². The summed E-state index contributed by atoms with van der Waals surface area (Å²) in [5, 5.41) is 38.4. The van der Waals surface area contributed by atoms with Gasteiger partial charge in [0.2, 0.25) is 0 Å². The summed E-state index contributed by atoms with van der Waals surface area (Å²) in [6, 6.07) is 6.00. The third-order valence-corrected chi connectivity index (χ3v) is 3.68. The number of phenolic OH excluding ortho intramolecular Hbond substituents is 1. The minimum absolute atomic E-state index is 0.0730. The molecule has 1 aliphatic heterocycles. The Hall–Kier alpha value is -2.46. The van der Waals surface area contributed by atoms with Crippen LogP contribution in [0, 0.1) is 0 Å². The van der Waals surface area contributed by atoms with Crippen molar-refractivity contribution in [2.24, 2.45) is 0 Å². The van der Waals surface area contributed by atoms with Crippen LogP contribution in [0.2, 0.25) is 0 Å². The number of rotatable bonds is 5. The van der Waals surface area contributed by atoms with Crippen molar-refractivity contribution in [1.29, 1.82) is 0 Å². The molecule has 0 amide bonds. The van der Waals surface area contributed by atoms with Gasteiger partial charge in [-0.25, -0.2) is 4.79 Å². The van der Waals surface area contributed by atoms with Crippen LogP contribution in [0.15, 0.2) is 30.3 Å². The molecule has 0 aromatic heterocycles. The van der Waals surface area contributed by atoms with Gasteiger partial charge in [-0.15, -0.1) is 0 Å². The molecule has 0 saturated carbocycles. The summed E-state index contributed by atoms with van der Waals surface area (Å²) < 4.78 is 15.0. The van der Waals surface area contributed by atoms with Gasteiger partial charge in [0.05, 0.1) is 6.61 Å². The highest BCUT2D eigenvalue weighted by atomic mass is 16.7. The van der Waals surface area contributed by atoms with Crippen LogP contribution in [-0.4, -0.2) is 69.7 Å². The number of aliphatic hydroxyl groups is 3. The van der Waals surface area contributed by atoms with E-state index in [1.807, 2.05) is 0 Å². The Balaban J connectivity index is 2.09. The van der Waals surface area contributed by atoms with E-state index in [-0.39, 0.29) is 5.75 Å². The van der Waals surface area contributed by atoms with E-state index in [0.29, 0.717) is 5.56 Å². The zero-order chi connectivity index (χ0) is 19.3. The smallest absolute Gasteiger partial charge is 0.331 e. The van der Waals surface area contributed by atoms with Gasteiger partial charge >= 0.3 is 11.9 Å². The molecule has 0 bridgehead atoms. The van der Waals surface area contributed by atoms with Crippen molar-refractivity contribution in [2.75, 3.05) is 6.61 Å². The van der Waals surface area contributed by atoms with E-state index in [2.05, 4.69) is 0 Å². The molecule has 1 aliphatic rings. The molecular formula is C17H20O9. The van der Waals surface area contributed by atoms with Crippen LogP contribution in [0.5, 0.6) is 5.75 Å². The molecule has 0 aliphatic carbocycles. The second-order valence-corrected chi connectivity index (χ2v) is 5.64. The predicted octanol–water partition coefficient (Wildman–Crippen LogP) is -0.681. The van der Waals surface area contributed by atoms with Crippen LogP contribution < -0.4 is 0 Å². The van der Waals surface area contributed by atoms with Gasteiger partial charge in [-0.2, -0.15) is 0 Å². The first kappa shape index (κ1) is 19.9. The van der Waals surface area contributed by atoms with Gasteiger partial charge in [-0.1, -0.05) is 12.1 Å². The van der Waals surface area contributed by atoms with Crippen molar-refractivity contribution in [1.82, 2.24) is 0 Å². The van der Waals surface area contributed by atoms with Gasteiger partial charge < -0.3 is 34.6 Å². The number of benzene rings is 1. The number of hydrogen-bond acceptors (Lipinski definition) is 9. The molecule has 5 atom stereocenters. The van der Waals surface area contributed by atoms with E-state index < -0.39 is 49.3 Å². The molecule has 2 rings (SSSR count). The Morgan fingerprint density at radius 2 is 1.81 bits per heavy atom. The maximum absolute atomic E-state index is 12.0. The zero-order valence-corrected chi connectivity index (χ0v) is 13.9. The minimum Gasteiger partial charge on any atom is -0.508 e. The van der Waals surface area contributed by atoms with Gasteiger partial charge in [0.25, 0.3) is 0 Å². The molecule has 4 N–H and O–H groups in total. The Bertz CT molecular complexity index is 655. The second kappa shape index (κ2) is 8.77. The second-order valence-electron chi connectivity index (χ2n) is 5.64. The van der Waals surface area contributed by atoms with Gasteiger partial charge in [0.15, 0.2) is 18.5 Å². The van der Waals surface area contributed by atoms with Crippen LogP contribution in [0.25, 0.3) is 6.08 Å². The topological polar surface area (TPSA) is 143 Å². The lowest BCUT2D eigenvalue weighted by Crippen LogP contribution is -2.61. The Labute approximate surface area is 149 Å². The lowest BCUT2D eigenvalue weighted by atomic mass is 9.99. The molecule has 26 heavy (non-hydrogen) atoms. The Kier molecular flexibility index (Phi) is 6.70. The highest BCUT2D eigenvalue weighted by Gasteiger charge is 2.48. The Morgan fingerprint density at radius 3 is 2.38 bits per heavy atom. The average molecular weight is 368 g/mol. The van der Waals surface area contributed by atoms with Gasteiger partial charge in [0, 0.05) is 13.0 Å². The summed E-state index contributed by atoms with van der Waals surface area (Å²) in [6.45, 7) is 0.462. The fourth-order valence-electron chi connectivity index (χ4n) is 2.43. The number of ether oxygens (including phenoxy) is 3. The van der Waals surface area contributed by atoms with Crippen molar-refractivity contribution in [3.8, 4) is 5.75 Å². The summed E-state index contributed by atoms with van der Waals surface area (Å²) in [5.74, 6) is -1.57. The van der Waals surface area contributed by atoms with E-state index in [1.165, 1.54) is 18.2 Å². The zero-order valence-electron chi connectivity index (χ0n) is 13.9. The minimum atomic E-state index is -1.70. The van der Waals surface area contributed by atoms with Crippen LogP contribution in [0.4, 0.5) is 0 Å². The van der Waals surface area contributed by atoms with E-state index in [9.17, 15) is 24.9 Å². The summed E-state index contributed by atoms with van der Waals surface area (Å²) in [4.78, 5) is 23.2.